The van der Waals surface area contributed by atoms with E-state index >= 15 is 0 Å². The molecule has 5 nitrogen and oxygen atoms in total. The molecule has 3 unspecified atom stereocenters. The summed E-state index contributed by atoms with van der Waals surface area (Å²) in [6.45, 7) is 2.91. The number of aromatic nitrogens is 2. The number of imidazole rings is 1. The zero-order valence-corrected chi connectivity index (χ0v) is 11.2. The first-order valence-electron chi connectivity index (χ1n) is 6.64. The van der Waals surface area contributed by atoms with Crippen LogP contribution >= 0.6 is 0 Å². The van der Waals surface area contributed by atoms with Crippen molar-refractivity contribution < 1.29 is 9.15 Å². The van der Waals surface area contributed by atoms with Gasteiger partial charge in [0.05, 0.1) is 12.4 Å². The summed E-state index contributed by atoms with van der Waals surface area (Å²) < 4.78 is 13.2. The largest absolute Gasteiger partial charge is 0.467 e. The Hall–Kier alpha value is -1.59. The number of furan rings is 1. The van der Waals surface area contributed by atoms with Gasteiger partial charge in [-0.2, -0.15) is 0 Å². The Morgan fingerprint density at radius 2 is 2.42 bits per heavy atom. The van der Waals surface area contributed by atoms with E-state index in [0.29, 0.717) is 6.04 Å². The van der Waals surface area contributed by atoms with Crippen LogP contribution in [-0.4, -0.2) is 28.3 Å². The molecule has 0 aliphatic carbocycles. The lowest BCUT2D eigenvalue weighted by Crippen LogP contribution is -2.38. The third-order valence-electron chi connectivity index (χ3n) is 3.70. The highest BCUT2D eigenvalue weighted by Gasteiger charge is 2.30. The number of nitrogens with zero attached hydrogens (tertiary/aromatic N) is 2. The topological polar surface area (TPSA) is 52.2 Å². The fourth-order valence-corrected chi connectivity index (χ4v) is 2.56. The molecule has 0 aromatic carbocycles. The lowest BCUT2D eigenvalue weighted by molar-refractivity contribution is 0.111. The number of aryl methyl sites for hydroxylation is 1. The van der Waals surface area contributed by atoms with E-state index in [4.69, 9.17) is 9.15 Å². The number of rotatable bonds is 4. The molecule has 1 aliphatic heterocycles. The standard InChI is InChI=1S/C14H19N3O2/c1-10-11(5-9-18-10)16-13(12-4-3-8-19-12)14-15-6-7-17(14)2/h3-4,6-8,10-11,13,16H,5,9H2,1-2H3. The molecular formula is C14H19N3O2. The molecule has 3 atom stereocenters. The average molecular weight is 261 g/mol. The lowest BCUT2D eigenvalue weighted by Gasteiger charge is -2.23. The van der Waals surface area contributed by atoms with Gasteiger partial charge in [-0.3, -0.25) is 5.32 Å². The van der Waals surface area contributed by atoms with Gasteiger partial charge < -0.3 is 13.7 Å². The number of hydrogen-bond acceptors (Lipinski definition) is 4. The van der Waals surface area contributed by atoms with E-state index < -0.39 is 0 Å². The van der Waals surface area contributed by atoms with Gasteiger partial charge in [0.2, 0.25) is 0 Å². The zero-order chi connectivity index (χ0) is 13.2. The van der Waals surface area contributed by atoms with Gasteiger partial charge in [0.25, 0.3) is 0 Å². The fraction of sp³-hybridized carbons (Fsp3) is 0.500. The van der Waals surface area contributed by atoms with Crippen molar-refractivity contribution in [2.75, 3.05) is 6.61 Å². The molecular weight excluding hydrogens is 242 g/mol. The maximum absolute atomic E-state index is 5.61. The van der Waals surface area contributed by atoms with Gasteiger partial charge >= 0.3 is 0 Å². The smallest absolute Gasteiger partial charge is 0.133 e. The number of ether oxygens (including phenoxy) is 1. The molecule has 19 heavy (non-hydrogen) atoms. The van der Waals surface area contributed by atoms with Crippen molar-refractivity contribution in [3.63, 3.8) is 0 Å². The van der Waals surface area contributed by atoms with Crippen LogP contribution in [0.1, 0.15) is 31.0 Å². The van der Waals surface area contributed by atoms with Crippen LogP contribution in [-0.2, 0) is 11.8 Å². The molecule has 2 aromatic heterocycles. The van der Waals surface area contributed by atoms with Crippen LogP contribution < -0.4 is 5.32 Å². The molecule has 0 amide bonds. The third kappa shape index (κ3) is 2.43. The van der Waals surface area contributed by atoms with Gasteiger partial charge in [-0.15, -0.1) is 0 Å². The Balaban J connectivity index is 1.87. The van der Waals surface area contributed by atoms with Crippen LogP contribution in [0, 0.1) is 0 Å². The van der Waals surface area contributed by atoms with Crippen molar-refractivity contribution in [3.05, 3.63) is 42.4 Å². The Morgan fingerprint density at radius 3 is 3.00 bits per heavy atom. The maximum Gasteiger partial charge on any atom is 0.133 e. The number of nitrogens with one attached hydrogen (secondary N) is 1. The summed E-state index contributed by atoms with van der Waals surface area (Å²) >= 11 is 0. The van der Waals surface area contributed by atoms with E-state index in [9.17, 15) is 0 Å². The molecule has 1 saturated heterocycles. The molecule has 1 N–H and O–H groups in total. The van der Waals surface area contributed by atoms with Gasteiger partial charge in [0.15, 0.2) is 0 Å². The first-order valence-corrected chi connectivity index (χ1v) is 6.64. The molecule has 5 heteroatoms. The predicted octanol–water partition coefficient (Wildman–Crippen LogP) is 1.87. The van der Waals surface area contributed by atoms with Crippen molar-refractivity contribution in [2.24, 2.45) is 7.05 Å². The zero-order valence-electron chi connectivity index (χ0n) is 11.2. The minimum Gasteiger partial charge on any atom is -0.467 e. The number of hydrogen-bond donors (Lipinski definition) is 1. The Kier molecular flexibility index (Phi) is 3.40. The second-order valence-electron chi connectivity index (χ2n) is 4.98. The van der Waals surface area contributed by atoms with E-state index in [2.05, 4.69) is 17.2 Å². The van der Waals surface area contributed by atoms with E-state index in [0.717, 1.165) is 24.6 Å². The molecule has 0 bridgehead atoms. The molecule has 0 spiro atoms. The molecule has 3 rings (SSSR count). The quantitative estimate of drug-likeness (QED) is 0.913. The summed E-state index contributed by atoms with van der Waals surface area (Å²) in [5.41, 5.74) is 0. The highest BCUT2D eigenvalue weighted by Crippen LogP contribution is 2.24. The normalized spacial score (nSPS) is 24.7. The van der Waals surface area contributed by atoms with E-state index in [1.165, 1.54) is 0 Å². The van der Waals surface area contributed by atoms with E-state index in [-0.39, 0.29) is 12.1 Å². The molecule has 0 radical (unpaired) electrons. The van der Waals surface area contributed by atoms with Gasteiger partial charge in [-0.25, -0.2) is 4.98 Å². The first-order chi connectivity index (χ1) is 9.25. The van der Waals surface area contributed by atoms with Crippen molar-refractivity contribution >= 4 is 0 Å². The minimum atomic E-state index is -0.0378. The Bertz CT molecular complexity index is 521. The van der Waals surface area contributed by atoms with Crippen LogP contribution in [0.5, 0.6) is 0 Å². The van der Waals surface area contributed by atoms with Crippen LogP contribution in [0.4, 0.5) is 0 Å². The fourth-order valence-electron chi connectivity index (χ4n) is 2.56. The highest BCUT2D eigenvalue weighted by molar-refractivity contribution is 5.16. The maximum atomic E-state index is 5.61. The summed E-state index contributed by atoms with van der Waals surface area (Å²) in [5.74, 6) is 1.84. The molecule has 1 aliphatic rings. The lowest BCUT2D eigenvalue weighted by atomic mass is 10.1. The predicted molar refractivity (Wildman–Crippen MR) is 70.7 cm³/mol. The van der Waals surface area contributed by atoms with Crippen molar-refractivity contribution in [3.8, 4) is 0 Å². The van der Waals surface area contributed by atoms with Gasteiger partial charge in [-0.1, -0.05) is 0 Å². The molecule has 3 heterocycles. The summed E-state index contributed by atoms with van der Waals surface area (Å²) in [4.78, 5) is 4.44. The average Bonchev–Trinajstić information content (AvgIpc) is 3.09. The second kappa shape index (κ2) is 5.19. The monoisotopic (exact) mass is 261 g/mol. The minimum absolute atomic E-state index is 0.0378. The summed E-state index contributed by atoms with van der Waals surface area (Å²) in [6, 6.07) is 4.17. The van der Waals surface area contributed by atoms with Crippen LogP contribution in [0.2, 0.25) is 0 Å². The highest BCUT2D eigenvalue weighted by atomic mass is 16.5. The van der Waals surface area contributed by atoms with Crippen molar-refractivity contribution in [2.45, 2.75) is 31.5 Å². The molecule has 2 aromatic rings. The molecule has 102 valence electrons. The van der Waals surface area contributed by atoms with Gasteiger partial charge in [0, 0.05) is 32.1 Å². The van der Waals surface area contributed by atoms with Crippen LogP contribution in [0.3, 0.4) is 0 Å². The Morgan fingerprint density at radius 1 is 1.53 bits per heavy atom. The van der Waals surface area contributed by atoms with Crippen molar-refractivity contribution in [1.82, 2.24) is 14.9 Å². The summed E-state index contributed by atoms with van der Waals surface area (Å²) in [6.07, 6.45) is 6.69. The first kappa shape index (κ1) is 12.4. The second-order valence-corrected chi connectivity index (χ2v) is 4.98. The Labute approximate surface area is 112 Å². The third-order valence-corrected chi connectivity index (χ3v) is 3.70. The summed E-state index contributed by atoms with van der Waals surface area (Å²) in [5, 5.41) is 3.61. The van der Waals surface area contributed by atoms with Crippen LogP contribution in [0.15, 0.2) is 35.2 Å². The molecule has 0 saturated carbocycles. The van der Waals surface area contributed by atoms with E-state index in [1.54, 1.807) is 6.26 Å². The van der Waals surface area contributed by atoms with Crippen molar-refractivity contribution in [1.29, 1.82) is 0 Å². The van der Waals surface area contributed by atoms with E-state index in [1.807, 2.05) is 36.1 Å². The molecule has 1 fully saturated rings. The summed E-state index contributed by atoms with van der Waals surface area (Å²) in [7, 11) is 1.99. The van der Waals surface area contributed by atoms with Crippen LogP contribution in [0.25, 0.3) is 0 Å². The van der Waals surface area contributed by atoms with Gasteiger partial charge in [-0.05, 0) is 25.5 Å². The SMILES string of the molecule is CC1OCCC1NC(c1ccco1)c1nccn1C. The van der Waals surface area contributed by atoms with Gasteiger partial charge in [0.1, 0.15) is 17.6 Å².